The van der Waals surface area contributed by atoms with Crippen LogP contribution in [0.5, 0.6) is 0 Å². The molecule has 0 saturated carbocycles. The molecule has 0 spiro atoms. The van der Waals surface area contributed by atoms with E-state index in [4.69, 9.17) is 0 Å². The number of carbonyl (C=O) groups is 2. The lowest BCUT2D eigenvalue weighted by Gasteiger charge is -2.29. The van der Waals surface area contributed by atoms with Crippen molar-refractivity contribution in [2.45, 2.75) is 25.9 Å². The molecule has 4 rings (SSSR count). The number of aromatic nitrogens is 2. The minimum absolute atomic E-state index is 0.0190. The van der Waals surface area contributed by atoms with Gasteiger partial charge in [-0.25, -0.2) is 4.79 Å². The van der Waals surface area contributed by atoms with Gasteiger partial charge in [-0.15, -0.1) is 0 Å². The summed E-state index contributed by atoms with van der Waals surface area (Å²) in [6, 6.07) is 14.8. The zero-order chi connectivity index (χ0) is 21.8. The van der Waals surface area contributed by atoms with Gasteiger partial charge in [-0.1, -0.05) is 30.3 Å². The molecule has 0 N–H and O–H groups in total. The topological polar surface area (TPSA) is 81.5 Å². The molecule has 3 aromatic rings. The number of ether oxygens (including phenoxy) is 1. The number of amides is 1. The molecule has 0 radical (unpaired) electrons. The van der Waals surface area contributed by atoms with Gasteiger partial charge >= 0.3 is 5.97 Å². The van der Waals surface area contributed by atoms with E-state index in [1.54, 1.807) is 15.5 Å². The van der Waals surface area contributed by atoms with Crippen LogP contribution >= 0.6 is 0 Å². The van der Waals surface area contributed by atoms with Crippen LogP contribution in [0.25, 0.3) is 0 Å². The van der Waals surface area contributed by atoms with Crippen LogP contribution in [0.15, 0.2) is 65.7 Å². The Labute approximate surface area is 179 Å². The summed E-state index contributed by atoms with van der Waals surface area (Å²) in [5.41, 5.74) is 3.68. The van der Waals surface area contributed by atoms with Crippen molar-refractivity contribution in [3.63, 3.8) is 0 Å². The zero-order valence-corrected chi connectivity index (χ0v) is 17.3. The van der Waals surface area contributed by atoms with Crippen LogP contribution in [-0.2, 0) is 30.7 Å². The summed E-state index contributed by atoms with van der Waals surface area (Å²) in [7, 11) is 1.30. The average molecular weight is 417 g/mol. The van der Waals surface area contributed by atoms with Crippen molar-refractivity contribution < 1.29 is 14.3 Å². The van der Waals surface area contributed by atoms with Crippen LogP contribution in [0, 0.1) is 0 Å². The second kappa shape index (κ2) is 8.95. The molecule has 0 aliphatic carbocycles. The van der Waals surface area contributed by atoms with Gasteiger partial charge in [0, 0.05) is 38.1 Å². The predicted octanol–water partition coefficient (Wildman–Crippen LogP) is 2.47. The highest BCUT2D eigenvalue weighted by Gasteiger charge is 2.24. The average Bonchev–Trinajstić information content (AvgIpc) is 2.82. The molecule has 31 heavy (non-hydrogen) atoms. The second-order valence-corrected chi connectivity index (χ2v) is 7.49. The Kier molecular flexibility index (Phi) is 5.93. The Morgan fingerprint density at radius 3 is 2.61 bits per heavy atom. The van der Waals surface area contributed by atoms with Gasteiger partial charge in [-0.3, -0.25) is 14.6 Å². The minimum atomic E-state index is -0.494. The smallest absolute Gasteiger partial charge is 0.339 e. The van der Waals surface area contributed by atoms with Crippen LogP contribution < -0.4 is 5.56 Å². The van der Waals surface area contributed by atoms with Crippen molar-refractivity contribution in [2.75, 3.05) is 13.7 Å². The summed E-state index contributed by atoms with van der Waals surface area (Å²) in [6.07, 6.45) is 4.60. The standard InChI is InChI=1S/C24H23N3O4/c1-31-24(30)19-7-8-21(25-14-19)23(29)27-12-10-18-13-22(28)26(15-20(18)16-27)11-9-17-5-3-2-4-6-17/h2-8,13-15H,9-12,16H2,1H3. The fourth-order valence-corrected chi connectivity index (χ4v) is 3.74. The number of fused-ring (bicyclic) bond motifs is 1. The highest BCUT2D eigenvalue weighted by Crippen LogP contribution is 2.19. The fourth-order valence-electron chi connectivity index (χ4n) is 3.74. The van der Waals surface area contributed by atoms with Crippen LogP contribution in [0.1, 0.15) is 37.5 Å². The molecule has 0 unspecified atom stereocenters. The Morgan fingerprint density at radius 2 is 1.90 bits per heavy atom. The molecule has 7 nitrogen and oxygen atoms in total. The molecule has 2 aromatic heterocycles. The van der Waals surface area contributed by atoms with Crippen LogP contribution in [-0.4, -0.2) is 40.0 Å². The number of aryl methyl sites for hydroxylation is 2. The first-order valence-electron chi connectivity index (χ1n) is 10.1. The van der Waals surface area contributed by atoms with E-state index >= 15 is 0 Å². The number of hydrogen-bond donors (Lipinski definition) is 0. The summed E-state index contributed by atoms with van der Waals surface area (Å²) in [4.78, 5) is 42.8. The van der Waals surface area contributed by atoms with Crippen molar-refractivity contribution in [3.05, 3.63) is 99.2 Å². The number of hydrogen-bond acceptors (Lipinski definition) is 5. The lowest BCUT2D eigenvalue weighted by atomic mass is 10.0. The molecule has 0 atom stereocenters. The van der Waals surface area contributed by atoms with E-state index in [9.17, 15) is 14.4 Å². The third kappa shape index (κ3) is 4.55. The van der Waals surface area contributed by atoms with Gasteiger partial charge in [0.2, 0.25) is 0 Å². The van der Waals surface area contributed by atoms with E-state index in [2.05, 4.69) is 9.72 Å². The highest BCUT2D eigenvalue weighted by atomic mass is 16.5. The van der Waals surface area contributed by atoms with Gasteiger partial charge in [-0.05, 0) is 41.7 Å². The Balaban J connectivity index is 1.48. The normalized spacial score (nSPS) is 12.9. The quantitative estimate of drug-likeness (QED) is 0.596. The number of carbonyl (C=O) groups excluding carboxylic acids is 2. The molecular weight excluding hydrogens is 394 g/mol. The van der Waals surface area contributed by atoms with Crippen molar-refractivity contribution in [1.82, 2.24) is 14.5 Å². The monoisotopic (exact) mass is 417 g/mol. The van der Waals surface area contributed by atoms with Crippen LogP contribution in [0.3, 0.4) is 0 Å². The number of esters is 1. The zero-order valence-electron chi connectivity index (χ0n) is 17.3. The Morgan fingerprint density at radius 1 is 1.10 bits per heavy atom. The first kappa shape index (κ1) is 20.5. The van der Waals surface area contributed by atoms with E-state index in [0.29, 0.717) is 31.6 Å². The molecular formula is C24H23N3O4. The number of methoxy groups -OCH3 is 1. The third-order valence-electron chi connectivity index (χ3n) is 5.49. The minimum Gasteiger partial charge on any atom is -0.465 e. The Hall–Kier alpha value is -3.74. The summed E-state index contributed by atoms with van der Waals surface area (Å²) < 4.78 is 6.37. The van der Waals surface area contributed by atoms with Crippen molar-refractivity contribution >= 4 is 11.9 Å². The lowest BCUT2D eigenvalue weighted by Crippen LogP contribution is -2.38. The van der Waals surface area contributed by atoms with Gasteiger partial charge in [0.05, 0.1) is 12.7 Å². The molecule has 158 valence electrons. The maximum atomic E-state index is 12.9. The van der Waals surface area contributed by atoms with E-state index in [-0.39, 0.29) is 17.2 Å². The summed E-state index contributed by atoms with van der Waals surface area (Å²) in [6.45, 7) is 1.51. The second-order valence-electron chi connectivity index (χ2n) is 7.49. The Bertz CT molecular complexity index is 1150. The van der Waals surface area contributed by atoms with Gasteiger partial charge < -0.3 is 14.2 Å². The SMILES string of the molecule is COC(=O)c1ccc(C(=O)N2CCc3cc(=O)n(CCc4ccccc4)cc3C2)nc1. The van der Waals surface area contributed by atoms with Gasteiger partial charge in [-0.2, -0.15) is 0 Å². The molecule has 7 heteroatoms. The van der Waals surface area contributed by atoms with Gasteiger partial charge in [0.15, 0.2) is 0 Å². The highest BCUT2D eigenvalue weighted by molar-refractivity contribution is 5.94. The third-order valence-corrected chi connectivity index (χ3v) is 5.49. The number of benzene rings is 1. The maximum Gasteiger partial charge on any atom is 0.339 e. The van der Waals surface area contributed by atoms with Crippen molar-refractivity contribution in [3.8, 4) is 0 Å². The molecule has 1 aromatic carbocycles. The number of nitrogens with zero attached hydrogens (tertiary/aromatic N) is 3. The molecule has 1 aliphatic rings. The first-order chi connectivity index (χ1) is 15.0. The van der Waals surface area contributed by atoms with Gasteiger partial charge in [0.1, 0.15) is 5.69 Å². The lowest BCUT2D eigenvalue weighted by molar-refractivity contribution is 0.0598. The van der Waals surface area contributed by atoms with E-state index < -0.39 is 5.97 Å². The maximum absolute atomic E-state index is 12.9. The molecule has 1 aliphatic heterocycles. The first-order valence-corrected chi connectivity index (χ1v) is 10.1. The molecule has 1 amide bonds. The van der Waals surface area contributed by atoms with Gasteiger partial charge in [0.25, 0.3) is 11.5 Å². The summed E-state index contributed by atoms with van der Waals surface area (Å²) in [5.74, 6) is -0.698. The fraction of sp³-hybridized carbons (Fsp3) is 0.250. The molecule has 0 fully saturated rings. The predicted molar refractivity (Wildman–Crippen MR) is 115 cm³/mol. The summed E-state index contributed by atoms with van der Waals surface area (Å²) in [5, 5.41) is 0. The van der Waals surface area contributed by atoms with E-state index in [1.165, 1.54) is 31.0 Å². The number of pyridine rings is 2. The molecule has 3 heterocycles. The van der Waals surface area contributed by atoms with Crippen molar-refractivity contribution in [1.29, 1.82) is 0 Å². The largest absolute Gasteiger partial charge is 0.465 e. The molecule has 0 bridgehead atoms. The summed E-state index contributed by atoms with van der Waals surface area (Å²) >= 11 is 0. The van der Waals surface area contributed by atoms with E-state index in [0.717, 1.165) is 17.5 Å². The van der Waals surface area contributed by atoms with Crippen molar-refractivity contribution in [2.24, 2.45) is 0 Å². The molecule has 0 saturated heterocycles. The number of rotatable bonds is 5. The van der Waals surface area contributed by atoms with Crippen LogP contribution in [0.4, 0.5) is 0 Å². The van der Waals surface area contributed by atoms with E-state index in [1.807, 2.05) is 36.5 Å². The van der Waals surface area contributed by atoms with Crippen LogP contribution in [0.2, 0.25) is 0 Å².